The Hall–Kier alpha value is -1.12. The van der Waals surface area contributed by atoms with Crippen molar-refractivity contribution < 1.29 is 9.53 Å². The van der Waals surface area contributed by atoms with Crippen molar-refractivity contribution in [3.05, 3.63) is 5.82 Å². The lowest BCUT2D eigenvalue weighted by Crippen LogP contribution is -2.47. The van der Waals surface area contributed by atoms with Crippen LogP contribution < -0.4 is 0 Å². The molecule has 2 aliphatic rings. The molecule has 2 fully saturated rings. The second kappa shape index (κ2) is 8.31. The van der Waals surface area contributed by atoms with Gasteiger partial charge < -0.3 is 14.2 Å². The van der Waals surface area contributed by atoms with Crippen molar-refractivity contribution in [1.82, 2.24) is 24.6 Å². The molecule has 2 saturated heterocycles. The van der Waals surface area contributed by atoms with Crippen LogP contribution in [0.1, 0.15) is 31.5 Å². The quantitative estimate of drug-likeness (QED) is 0.735. The third kappa shape index (κ3) is 4.10. The van der Waals surface area contributed by atoms with E-state index in [2.05, 4.69) is 33.6 Å². The van der Waals surface area contributed by atoms with Crippen molar-refractivity contribution in [2.45, 2.75) is 30.8 Å². The van der Waals surface area contributed by atoms with Crippen molar-refractivity contribution >= 4 is 17.7 Å². The molecule has 8 heteroatoms. The summed E-state index contributed by atoms with van der Waals surface area (Å²) in [4.78, 5) is 16.5. The molecule has 0 N–H and O–H groups in total. The number of ether oxygens (including phenoxy) is 1. The van der Waals surface area contributed by atoms with Gasteiger partial charge in [-0.2, -0.15) is 0 Å². The van der Waals surface area contributed by atoms with Crippen LogP contribution in [0.4, 0.5) is 0 Å². The van der Waals surface area contributed by atoms with Gasteiger partial charge in [0, 0.05) is 26.1 Å². The molecule has 0 unspecified atom stereocenters. The Morgan fingerprint density at radius 3 is 2.58 bits per heavy atom. The van der Waals surface area contributed by atoms with Gasteiger partial charge in [-0.15, -0.1) is 10.2 Å². The number of rotatable bonds is 5. The molecule has 0 saturated carbocycles. The number of piperidine rings is 1. The summed E-state index contributed by atoms with van der Waals surface area (Å²) in [5.41, 5.74) is 0. The SMILES string of the molecule is CCSc1nnc(C2CCN(CC(=O)N3CCOCC3)CC2)n1C. The molecular formula is C16H27N5O2S. The van der Waals surface area contributed by atoms with E-state index in [-0.39, 0.29) is 5.91 Å². The first-order valence-electron chi connectivity index (χ1n) is 8.79. The lowest BCUT2D eigenvalue weighted by molar-refractivity contribution is -0.136. The molecule has 0 atom stereocenters. The Balaban J connectivity index is 1.49. The van der Waals surface area contributed by atoms with E-state index in [1.54, 1.807) is 11.8 Å². The Kier molecular flexibility index (Phi) is 6.13. The first kappa shape index (κ1) is 17.7. The minimum Gasteiger partial charge on any atom is -0.378 e. The summed E-state index contributed by atoms with van der Waals surface area (Å²) >= 11 is 1.73. The largest absolute Gasteiger partial charge is 0.378 e. The number of thioether (sulfide) groups is 1. The Bertz CT molecular complexity index is 551. The summed E-state index contributed by atoms with van der Waals surface area (Å²) in [6.45, 7) is 7.34. The highest BCUT2D eigenvalue weighted by atomic mass is 32.2. The van der Waals surface area contributed by atoms with Crippen molar-refractivity contribution in [2.24, 2.45) is 7.05 Å². The number of aromatic nitrogens is 3. The molecule has 1 aromatic rings. The Morgan fingerprint density at radius 1 is 1.21 bits per heavy atom. The average Bonchev–Trinajstić information content (AvgIpc) is 2.98. The summed E-state index contributed by atoms with van der Waals surface area (Å²) in [5, 5.41) is 9.70. The first-order valence-corrected chi connectivity index (χ1v) is 9.77. The van der Waals surface area contributed by atoms with E-state index in [0.717, 1.165) is 55.8 Å². The van der Waals surface area contributed by atoms with E-state index in [4.69, 9.17) is 4.74 Å². The van der Waals surface area contributed by atoms with Gasteiger partial charge in [0.1, 0.15) is 5.82 Å². The molecular weight excluding hydrogens is 326 g/mol. The summed E-state index contributed by atoms with van der Waals surface area (Å²) in [7, 11) is 2.06. The predicted molar refractivity (Wildman–Crippen MR) is 93.2 cm³/mol. The van der Waals surface area contributed by atoms with Crippen molar-refractivity contribution in [3.63, 3.8) is 0 Å². The minimum atomic E-state index is 0.233. The lowest BCUT2D eigenvalue weighted by Gasteiger charge is -2.33. The van der Waals surface area contributed by atoms with Gasteiger partial charge in [0.05, 0.1) is 19.8 Å². The Morgan fingerprint density at radius 2 is 1.92 bits per heavy atom. The molecule has 0 aromatic carbocycles. The third-order valence-electron chi connectivity index (χ3n) is 4.82. The number of amides is 1. The van der Waals surface area contributed by atoms with E-state index >= 15 is 0 Å². The highest BCUT2D eigenvalue weighted by molar-refractivity contribution is 7.99. The van der Waals surface area contributed by atoms with Crippen LogP contribution >= 0.6 is 11.8 Å². The molecule has 24 heavy (non-hydrogen) atoms. The summed E-state index contributed by atoms with van der Waals surface area (Å²) in [6.07, 6.45) is 2.08. The van der Waals surface area contributed by atoms with E-state index in [9.17, 15) is 4.79 Å². The van der Waals surface area contributed by atoms with Gasteiger partial charge in [0.25, 0.3) is 0 Å². The minimum absolute atomic E-state index is 0.233. The van der Waals surface area contributed by atoms with Crippen LogP contribution in [0.25, 0.3) is 0 Å². The van der Waals surface area contributed by atoms with E-state index in [1.807, 2.05) is 4.90 Å². The Labute approximate surface area is 147 Å². The monoisotopic (exact) mass is 353 g/mol. The normalized spacial score (nSPS) is 20.5. The number of hydrogen-bond acceptors (Lipinski definition) is 6. The lowest BCUT2D eigenvalue weighted by atomic mass is 9.96. The van der Waals surface area contributed by atoms with Crippen LogP contribution in [0, 0.1) is 0 Å². The molecule has 1 aromatic heterocycles. The summed E-state index contributed by atoms with van der Waals surface area (Å²) in [6, 6.07) is 0. The number of carbonyl (C=O) groups is 1. The van der Waals surface area contributed by atoms with Crippen molar-refractivity contribution in [2.75, 3.05) is 51.7 Å². The van der Waals surface area contributed by atoms with Gasteiger partial charge in [0.15, 0.2) is 5.16 Å². The maximum Gasteiger partial charge on any atom is 0.236 e. The molecule has 0 radical (unpaired) electrons. The zero-order chi connectivity index (χ0) is 16.9. The zero-order valence-electron chi connectivity index (χ0n) is 14.6. The molecule has 0 spiro atoms. The number of hydrogen-bond donors (Lipinski definition) is 0. The second-order valence-corrected chi connectivity index (χ2v) is 7.61. The fourth-order valence-electron chi connectivity index (χ4n) is 3.39. The highest BCUT2D eigenvalue weighted by Crippen LogP contribution is 2.28. The molecule has 2 aliphatic heterocycles. The fraction of sp³-hybridized carbons (Fsp3) is 0.812. The first-order chi connectivity index (χ1) is 11.7. The van der Waals surface area contributed by atoms with Crippen LogP contribution in [-0.2, 0) is 16.6 Å². The van der Waals surface area contributed by atoms with Gasteiger partial charge in [0.2, 0.25) is 5.91 Å². The number of nitrogens with zero attached hydrogens (tertiary/aromatic N) is 5. The maximum absolute atomic E-state index is 12.3. The van der Waals surface area contributed by atoms with E-state index in [1.165, 1.54) is 0 Å². The third-order valence-corrected chi connectivity index (χ3v) is 5.72. The van der Waals surface area contributed by atoms with Crippen LogP contribution in [-0.4, -0.2) is 82.2 Å². The average molecular weight is 353 g/mol. The molecule has 0 bridgehead atoms. The van der Waals surface area contributed by atoms with Crippen molar-refractivity contribution in [3.8, 4) is 0 Å². The number of likely N-dealkylation sites (tertiary alicyclic amines) is 1. The van der Waals surface area contributed by atoms with E-state index < -0.39 is 0 Å². The smallest absolute Gasteiger partial charge is 0.236 e. The van der Waals surface area contributed by atoms with Gasteiger partial charge in [-0.25, -0.2) is 0 Å². The van der Waals surface area contributed by atoms with Gasteiger partial charge in [-0.3, -0.25) is 9.69 Å². The molecule has 7 nitrogen and oxygen atoms in total. The molecule has 1 amide bonds. The molecule has 0 aliphatic carbocycles. The van der Waals surface area contributed by atoms with Gasteiger partial charge >= 0.3 is 0 Å². The summed E-state index contributed by atoms with van der Waals surface area (Å²) in [5.74, 6) is 2.78. The fourth-order valence-corrected chi connectivity index (χ4v) is 4.03. The topological polar surface area (TPSA) is 63.5 Å². The molecule has 3 rings (SSSR count). The zero-order valence-corrected chi connectivity index (χ0v) is 15.4. The number of morpholine rings is 1. The second-order valence-electron chi connectivity index (χ2n) is 6.38. The van der Waals surface area contributed by atoms with Crippen molar-refractivity contribution in [1.29, 1.82) is 0 Å². The van der Waals surface area contributed by atoms with Gasteiger partial charge in [-0.1, -0.05) is 18.7 Å². The van der Waals surface area contributed by atoms with Crippen LogP contribution in [0.15, 0.2) is 5.16 Å². The summed E-state index contributed by atoms with van der Waals surface area (Å²) < 4.78 is 7.44. The van der Waals surface area contributed by atoms with Crippen LogP contribution in [0.3, 0.4) is 0 Å². The highest BCUT2D eigenvalue weighted by Gasteiger charge is 2.27. The van der Waals surface area contributed by atoms with Gasteiger partial charge in [-0.05, 0) is 31.7 Å². The van der Waals surface area contributed by atoms with Crippen LogP contribution in [0.5, 0.6) is 0 Å². The molecule has 3 heterocycles. The standard InChI is InChI=1S/C16H27N5O2S/c1-3-24-16-18-17-15(19(16)2)13-4-6-20(7-5-13)12-14(22)21-8-10-23-11-9-21/h13H,3-12H2,1-2H3. The molecule has 134 valence electrons. The van der Waals surface area contributed by atoms with Crippen LogP contribution in [0.2, 0.25) is 0 Å². The maximum atomic E-state index is 12.3. The van der Waals surface area contributed by atoms with E-state index in [0.29, 0.717) is 25.7 Å². The number of carbonyl (C=O) groups excluding carboxylic acids is 1. The predicted octanol–water partition coefficient (Wildman–Crippen LogP) is 0.965.